The summed E-state index contributed by atoms with van der Waals surface area (Å²) in [5.41, 5.74) is 1.32. The summed E-state index contributed by atoms with van der Waals surface area (Å²) in [6.07, 6.45) is -1.72. The lowest BCUT2D eigenvalue weighted by Crippen LogP contribution is -2.14. The van der Waals surface area contributed by atoms with Crippen LogP contribution in [0.15, 0.2) is 58.3 Å². The fourth-order valence-electron chi connectivity index (χ4n) is 2.84. The van der Waals surface area contributed by atoms with E-state index in [9.17, 15) is 13.2 Å². The zero-order valence-corrected chi connectivity index (χ0v) is 15.6. The molecule has 1 heterocycles. The summed E-state index contributed by atoms with van der Waals surface area (Å²) >= 11 is 1.41. The van der Waals surface area contributed by atoms with Crippen LogP contribution in [-0.4, -0.2) is 25.5 Å². The first-order chi connectivity index (χ1) is 11.4. The van der Waals surface area contributed by atoms with E-state index in [1.165, 1.54) is 23.9 Å². The normalized spacial score (nSPS) is 14.9. The summed E-state index contributed by atoms with van der Waals surface area (Å²) in [4.78, 5) is 3.69. The molecule has 0 N–H and O–H groups in total. The second-order valence-corrected chi connectivity index (χ2v) is 7.07. The number of halogens is 4. The molecule has 0 saturated carbocycles. The molecule has 0 amide bonds. The summed E-state index contributed by atoms with van der Waals surface area (Å²) in [6.45, 7) is 0.794. The molecule has 0 fully saturated rings. The van der Waals surface area contributed by atoms with Crippen LogP contribution in [0.2, 0.25) is 0 Å². The van der Waals surface area contributed by atoms with Crippen molar-refractivity contribution >= 4 is 29.7 Å². The van der Waals surface area contributed by atoms with Gasteiger partial charge in [0, 0.05) is 21.9 Å². The van der Waals surface area contributed by atoms with Crippen LogP contribution in [0, 0.1) is 0 Å². The van der Waals surface area contributed by atoms with Crippen LogP contribution >= 0.6 is 24.2 Å². The molecule has 0 aliphatic carbocycles. The van der Waals surface area contributed by atoms with Crippen molar-refractivity contribution in [3.8, 4) is 0 Å². The Morgan fingerprint density at radius 1 is 1.00 bits per heavy atom. The zero-order chi connectivity index (χ0) is 17.3. The van der Waals surface area contributed by atoms with Crippen LogP contribution < -0.4 is 0 Å². The standard InChI is InChI=1S/C19H18F3NS.ClH/c1-23(2)12-6-8-14-13-7-3-4-10-16(13)24-17-11-5-9-15(18(14)17)19(20,21)22;/h3-5,7-11H,6,12H2,1-2H3;1H. The van der Waals surface area contributed by atoms with Crippen molar-refractivity contribution in [2.75, 3.05) is 20.6 Å². The summed E-state index contributed by atoms with van der Waals surface area (Å²) in [7, 11) is 3.91. The number of fused-ring (bicyclic) bond motifs is 2. The number of hydrogen-bond donors (Lipinski definition) is 0. The van der Waals surface area contributed by atoms with Crippen molar-refractivity contribution in [3.05, 3.63) is 65.2 Å². The molecule has 134 valence electrons. The molecule has 1 aliphatic heterocycles. The monoisotopic (exact) mass is 385 g/mol. The molecule has 0 saturated heterocycles. The number of alkyl halides is 3. The molecule has 25 heavy (non-hydrogen) atoms. The molecule has 1 nitrogen and oxygen atoms in total. The van der Waals surface area contributed by atoms with Gasteiger partial charge >= 0.3 is 6.18 Å². The Kier molecular flexibility index (Phi) is 6.25. The van der Waals surface area contributed by atoms with Gasteiger partial charge in [-0.25, -0.2) is 0 Å². The van der Waals surface area contributed by atoms with E-state index < -0.39 is 11.7 Å². The topological polar surface area (TPSA) is 3.24 Å². The van der Waals surface area contributed by atoms with Crippen molar-refractivity contribution in [1.82, 2.24) is 4.90 Å². The number of nitrogens with zero attached hydrogens (tertiary/aromatic N) is 1. The third-order valence-electron chi connectivity index (χ3n) is 3.92. The summed E-state index contributed by atoms with van der Waals surface area (Å²) in [5, 5.41) is 0. The van der Waals surface area contributed by atoms with Crippen LogP contribution in [-0.2, 0) is 6.18 Å². The first-order valence-corrected chi connectivity index (χ1v) is 8.52. The zero-order valence-electron chi connectivity index (χ0n) is 13.9. The lowest BCUT2D eigenvalue weighted by molar-refractivity contribution is -0.137. The molecular weight excluding hydrogens is 367 g/mol. The molecule has 0 spiro atoms. The summed E-state index contributed by atoms with van der Waals surface area (Å²) < 4.78 is 40.6. The lowest BCUT2D eigenvalue weighted by Gasteiger charge is -2.25. The van der Waals surface area contributed by atoms with E-state index in [2.05, 4.69) is 0 Å². The highest BCUT2D eigenvalue weighted by molar-refractivity contribution is 7.99. The fraction of sp³-hybridized carbons (Fsp3) is 0.263. The Hall–Kier alpha value is -1.43. The Morgan fingerprint density at radius 2 is 1.68 bits per heavy atom. The molecule has 1 aliphatic rings. The highest BCUT2D eigenvalue weighted by Gasteiger charge is 2.37. The molecular formula is C19H19ClF3NS. The van der Waals surface area contributed by atoms with Gasteiger partial charge < -0.3 is 4.90 Å². The molecule has 2 aromatic rings. The van der Waals surface area contributed by atoms with Crippen LogP contribution in [0.3, 0.4) is 0 Å². The smallest absolute Gasteiger partial charge is 0.309 e. The maximum absolute atomic E-state index is 13.5. The van der Waals surface area contributed by atoms with E-state index in [4.69, 9.17) is 0 Å². The van der Waals surface area contributed by atoms with Crippen LogP contribution in [0.1, 0.15) is 23.1 Å². The summed E-state index contributed by atoms with van der Waals surface area (Å²) in [6, 6.07) is 12.1. The van der Waals surface area contributed by atoms with Crippen LogP contribution in [0.4, 0.5) is 13.2 Å². The van der Waals surface area contributed by atoms with E-state index in [-0.39, 0.29) is 12.4 Å². The number of rotatable bonds is 3. The van der Waals surface area contributed by atoms with Crippen molar-refractivity contribution in [2.24, 2.45) is 0 Å². The van der Waals surface area contributed by atoms with Gasteiger partial charge in [-0.05, 0) is 49.9 Å². The quantitative estimate of drug-likeness (QED) is 0.546. The lowest BCUT2D eigenvalue weighted by atomic mass is 9.92. The molecule has 3 rings (SSSR count). The summed E-state index contributed by atoms with van der Waals surface area (Å²) in [5.74, 6) is 0. The largest absolute Gasteiger partial charge is 0.417 e. The van der Waals surface area contributed by atoms with Crippen LogP contribution in [0.5, 0.6) is 0 Å². The average molecular weight is 386 g/mol. The van der Waals surface area contributed by atoms with Gasteiger partial charge in [0.1, 0.15) is 0 Å². The maximum Gasteiger partial charge on any atom is 0.417 e. The van der Waals surface area contributed by atoms with E-state index in [1.54, 1.807) is 6.07 Å². The SMILES string of the molecule is CN(C)CCC=C1c2ccccc2Sc2cccc(C(F)(F)F)c21.Cl. The first-order valence-electron chi connectivity index (χ1n) is 7.70. The van der Waals surface area contributed by atoms with Gasteiger partial charge in [0.2, 0.25) is 0 Å². The minimum atomic E-state index is -4.36. The molecule has 6 heteroatoms. The predicted octanol–water partition coefficient (Wildman–Crippen LogP) is 5.98. The van der Waals surface area contributed by atoms with Crippen molar-refractivity contribution < 1.29 is 13.2 Å². The molecule has 0 bridgehead atoms. The molecule has 0 unspecified atom stereocenters. The van der Waals surface area contributed by atoms with E-state index in [1.807, 2.05) is 49.3 Å². The number of hydrogen-bond acceptors (Lipinski definition) is 2. The minimum absolute atomic E-state index is 0. The average Bonchev–Trinajstić information content (AvgIpc) is 2.52. The van der Waals surface area contributed by atoms with Crippen molar-refractivity contribution in [3.63, 3.8) is 0 Å². The van der Waals surface area contributed by atoms with Crippen LogP contribution in [0.25, 0.3) is 5.57 Å². The Labute approximate surface area is 156 Å². The second kappa shape index (κ2) is 7.85. The Bertz CT molecular complexity index is 784. The number of benzene rings is 2. The molecule has 0 radical (unpaired) electrons. The van der Waals surface area contributed by atoms with E-state index in [0.29, 0.717) is 22.5 Å². The molecule has 0 aromatic heterocycles. The highest BCUT2D eigenvalue weighted by atomic mass is 35.5. The second-order valence-electron chi connectivity index (χ2n) is 5.98. The Morgan fingerprint density at radius 3 is 2.36 bits per heavy atom. The fourth-order valence-corrected chi connectivity index (χ4v) is 3.98. The van der Waals surface area contributed by atoms with Gasteiger partial charge in [-0.1, -0.05) is 42.1 Å². The molecule has 0 atom stereocenters. The molecule has 2 aromatic carbocycles. The van der Waals surface area contributed by atoms with Gasteiger partial charge in [-0.15, -0.1) is 12.4 Å². The third kappa shape index (κ3) is 4.22. The van der Waals surface area contributed by atoms with Gasteiger partial charge in [-0.2, -0.15) is 13.2 Å². The van der Waals surface area contributed by atoms with Gasteiger partial charge in [0.15, 0.2) is 0 Å². The maximum atomic E-state index is 13.5. The van der Waals surface area contributed by atoms with Crippen molar-refractivity contribution in [2.45, 2.75) is 22.4 Å². The minimum Gasteiger partial charge on any atom is -0.309 e. The van der Waals surface area contributed by atoms with Gasteiger partial charge in [0.25, 0.3) is 0 Å². The third-order valence-corrected chi connectivity index (χ3v) is 5.06. The first kappa shape index (κ1) is 19.9. The Balaban J connectivity index is 0.00000225. The predicted molar refractivity (Wildman–Crippen MR) is 99.5 cm³/mol. The van der Waals surface area contributed by atoms with Crippen molar-refractivity contribution in [1.29, 1.82) is 0 Å². The van der Waals surface area contributed by atoms with E-state index >= 15 is 0 Å². The van der Waals surface area contributed by atoms with E-state index in [0.717, 1.165) is 17.0 Å². The van der Waals surface area contributed by atoms with Gasteiger partial charge in [0.05, 0.1) is 5.56 Å². The van der Waals surface area contributed by atoms with Gasteiger partial charge in [-0.3, -0.25) is 0 Å². The highest BCUT2D eigenvalue weighted by Crippen LogP contribution is 2.49.